The molecule has 6 heteroatoms. The molecule has 0 radical (unpaired) electrons. The molecular weight excluding hydrogens is 358 g/mol. The van der Waals surface area contributed by atoms with Crippen molar-refractivity contribution in [3.8, 4) is 5.75 Å². The topological polar surface area (TPSA) is 46.6 Å². The lowest BCUT2D eigenvalue weighted by Crippen LogP contribution is -2.35. The number of halogens is 1. The molecule has 0 aromatic heterocycles. The lowest BCUT2D eigenvalue weighted by Gasteiger charge is -2.28. The Morgan fingerprint density at radius 1 is 1.12 bits per heavy atom. The van der Waals surface area contributed by atoms with Gasteiger partial charge in [0.05, 0.1) is 18.6 Å². The van der Waals surface area contributed by atoms with Crippen molar-refractivity contribution >= 4 is 21.4 Å². The van der Waals surface area contributed by atoms with E-state index in [4.69, 9.17) is 16.3 Å². The van der Waals surface area contributed by atoms with Crippen molar-refractivity contribution in [2.24, 2.45) is 0 Å². The van der Waals surface area contributed by atoms with Gasteiger partial charge in [-0.15, -0.1) is 0 Å². The van der Waals surface area contributed by atoms with E-state index in [2.05, 4.69) is 4.90 Å². The molecule has 1 saturated heterocycles. The first-order valence-electron chi connectivity index (χ1n) is 8.27. The summed E-state index contributed by atoms with van der Waals surface area (Å²) in [5, 5.41) is 0.695. The highest BCUT2D eigenvalue weighted by Crippen LogP contribution is 2.24. The molecule has 0 amide bonds. The molecule has 25 heavy (non-hydrogen) atoms. The quantitative estimate of drug-likeness (QED) is 0.770. The highest BCUT2D eigenvalue weighted by atomic mass is 35.5. The molecule has 4 nitrogen and oxygen atoms in total. The maximum Gasteiger partial charge on any atom is 0.151 e. The summed E-state index contributed by atoms with van der Waals surface area (Å²) in [6, 6.07) is 15.7. The first kappa shape index (κ1) is 18.2. The predicted octanol–water partition coefficient (Wildman–Crippen LogP) is 3.54. The summed E-state index contributed by atoms with van der Waals surface area (Å²) in [7, 11) is -1.29. The number of sulfone groups is 1. The Bertz CT molecular complexity index is 821. The first-order valence-corrected chi connectivity index (χ1v) is 10.5. The number of nitrogens with zero attached hydrogens (tertiary/aromatic N) is 1. The fraction of sp³-hybridized carbons (Fsp3) is 0.368. The zero-order chi connectivity index (χ0) is 17.9. The molecule has 134 valence electrons. The number of rotatable bonds is 6. The summed E-state index contributed by atoms with van der Waals surface area (Å²) in [5.74, 6) is 1.31. The second kappa shape index (κ2) is 7.77. The number of benzene rings is 2. The van der Waals surface area contributed by atoms with Crippen LogP contribution in [0.4, 0.5) is 0 Å². The Morgan fingerprint density at radius 2 is 1.84 bits per heavy atom. The van der Waals surface area contributed by atoms with E-state index < -0.39 is 9.84 Å². The maximum absolute atomic E-state index is 11.9. The van der Waals surface area contributed by atoms with Crippen molar-refractivity contribution in [2.45, 2.75) is 25.6 Å². The molecule has 3 rings (SSSR count). The van der Waals surface area contributed by atoms with E-state index in [1.165, 1.54) is 0 Å². The third kappa shape index (κ3) is 4.97. The normalized spacial score (nSPS) is 19.2. The largest absolute Gasteiger partial charge is 0.497 e. The van der Waals surface area contributed by atoms with Gasteiger partial charge < -0.3 is 4.74 Å². The van der Waals surface area contributed by atoms with E-state index in [0.717, 1.165) is 16.9 Å². The Balaban J connectivity index is 1.80. The van der Waals surface area contributed by atoms with E-state index in [9.17, 15) is 8.42 Å². The summed E-state index contributed by atoms with van der Waals surface area (Å²) >= 11 is 6.10. The Labute approximate surface area is 154 Å². The molecule has 1 aliphatic heterocycles. The minimum absolute atomic E-state index is 0.0334. The fourth-order valence-electron chi connectivity index (χ4n) is 3.21. The van der Waals surface area contributed by atoms with Gasteiger partial charge in [-0.2, -0.15) is 0 Å². The molecule has 1 fully saturated rings. The van der Waals surface area contributed by atoms with Crippen LogP contribution in [0.5, 0.6) is 5.75 Å². The van der Waals surface area contributed by atoms with E-state index in [0.29, 0.717) is 24.5 Å². The van der Waals surface area contributed by atoms with Crippen LogP contribution in [0, 0.1) is 0 Å². The predicted molar refractivity (Wildman–Crippen MR) is 101 cm³/mol. The van der Waals surface area contributed by atoms with Crippen LogP contribution in [-0.2, 0) is 22.9 Å². The highest BCUT2D eigenvalue weighted by molar-refractivity contribution is 7.91. The molecule has 0 aliphatic carbocycles. The van der Waals surface area contributed by atoms with Gasteiger partial charge in [-0.3, -0.25) is 4.90 Å². The van der Waals surface area contributed by atoms with Crippen molar-refractivity contribution < 1.29 is 13.2 Å². The van der Waals surface area contributed by atoms with Crippen LogP contribution >= 0.6 is 11.6 Å². The van der Waals surface area contributed by atoms with Crippen molar-refractivity contribution in [1.29, 1.82) is 0 Å². The first-order chi connectivity index (χ1) is 11.9. The maximum atomic E-state index is 11.9. The number of methoxy groups -OCH3 is 1. The fourth-order valence-corrected chi connectivity index (χ4v) is 5.19. The van der Waals surface area contributed by atoms with Gasteiger partial charge in [0.2, 0.25) is 0 Å². The smallest absolute Gasteiger partial charge is 0.151 e. The molecule has 0 bridgehead atoms. The molecule has 1 aliphatic rings. The number of hydrogen-bond acceptors (Lipinski definition) is 4. The average molecular weight is 380 g/mol. The molecule has 1 unspecified atom stereocenters. The van der Waals surface area contributed by atoms with Gasteiger partial charge in [-0.25, -0.2) is 8.42 Å². The molecule has 2 aromatic carbocycles. The summed E-state index contributed by atoms with van der Waals surface area (Å²) in [4.78, 5) is 2.23. The molecule has 0 saturated carbocycles. The van der Waals surface area contributed by atoms with E-state index in [-0.39, 0.29) is 17.5 Å². The third-order valence-corrected chi connectivity index (χ3v) is 6.53. The highest BCUT2D eigenvalue weighted by Gasteiger charge is 2.32. The van der Waals surface area contributed by atoms with Crippen LogP contribution in [0.2, 0.25) is 5.02 Å². The van der Waals surface area contributed by atoms with Crippen molar-refractivity contribution in [3.63, 3.8) is 0 Å². The van der Waals surface area contributed by atoms with Gasteiger partial charge >= 0.3 is 0 Å². The Hall–Kier alpha value is -1.56. The van der Waals surface area contributed by atoms with E-state index >= 15 is 0 Å². The average Bonchev–Trinajstić information content (AvgIpc) is 2.95. The summed E-state index contributed by atoms with van der Waals surface area (Å²) < 4.78 is 29.0. The minimum Gasteiger partial charge on any atom is -0.497 e. The second-order valence-electron chi connectivity index (χ2n) is 6.44. The summed E-state index contributed by atoms with van der Waals surface area (Å²) in [6.07, 6.45) is 0.680. The number of hydrogen-bond donors (Lipinski definition) is 0. The third-order valence-electron chi connectivity index (χ3n) is 4.54. The Morgan fingerprint density at radius 3 is 2.44 bits per heavy atom. The van der Waals surface area contributed by atoms with E-state index in [1.807, 2.05) is 48.5 Å². The van der Waals surface area contributed by atoms with Crippen molar-refractivity contribution in [2.75, 3.05) is 18.6 Å². The van der Waals surface area contributed by atoms with Gasteiger partial charge in [-0.05, 0) is 41.8 Å². The van der Waals surface area contributed by atoms with Crippen molar-refractivity contribution in [1.82, 2.24) is 4.90 Å². The molecule has 2 aromatic rings. The standard InChI is InChI=1S/C19H22ClNO3S/c1-24-19-7-5-15(6-8-19)12-21(18-9-10-25(22,23)14-18)13-16-3-2-4-17(20)11-16/h2-8,11,18H,9-10,12-14H2,1H3. The van der Waals surface area contributed by atoms with Crippen LogP contribution in [0.1, 0.15) is 17.5 Å². The lowest BCUT2D eigenvalue weighted by molar-refractivity contribution is 0.194. The molecular formula is C19H22ClNO3S. The van der Waals surface area contributed by atoms with Crippen LogP contribution in [0.15, 0.2) is 48.5 Å². The molecule has 1 atom stereocenters. The van der Waals surface area contributed by atoms with E-state index in [1.54, 1.807) is 7.11 Å². The molecule has 1 heterocycles. The van der Waals surface area contributed by atoms with Gasteiger partial charge in [0.15, 0.2) is 9.84 Å². The summed E-state index contributed by atoms with van der Waals surface area (Å²) in [5.41, 5.74) is 2.22. The minimum atomic E-state index is -2.93. The van der Waals surface area contributed by atoms with Crippen LogP contribution < -0.4 is 4.74 Å². The molecule has 0 spiro atoms. The van der Waals surface area contributed by atoms with Crippen LogP contribution in [-0.4, -0.2) is 38.0 Å². The van der Waals surface area contributed by atoms with Gasteiger partial charge in [-0.1, -0.05) is 35.9 Å². The van der Waals surface area contributed by atoms with Crippen LogP contribution in [0.25, 0.3) is 0 Å². The Kier molecular flexibility index (Phi) is 5.67. The van der Waals surface area contributed by atoms with Gasteiger partial charge in [0.1, 0.15) is 5.75 Å². The number of ether oxygens (including phenoxy) is 1. The van der Waals surface area contributed by atoms with Gasteiger partial charge in [0, 0.05) is 24.2 Å². The zero-order valence-corrected chi connectivity index (χ0v) is 15.8. The molecule has 0 N–H and O–H groups in total. The lowest BCUT2D eigenvalue weighted by atomic mass is 10.1. The summed E-state index contributed by atoms with van der Waals surface area (Å²) in [6.45, 7) is 1.36. The van der Waals surface area contributed by atoms with Gasteiger partial charge in [0.25, 0.3) is 0 Å². The second-order valence-corrected chi connectivity index (χ2v) is 9.10. The zero-order valence-electron chi connectivity index (χ0n) is 14.2. The van der Waals surface area contributed by atoms with Crippen molar-refractivity contribution in [3.05, 3.63) is 64.7 Å². The monoisotopic (exact) mass is 379 g/mol. The SMILES string of the molecule is COc1ccc(CN(Cc2cccc(Cl)c2)C2CCS(=O)(=O)C2)cc1. The van der Waals surface area contributed by atoms with Crippen LogP contribution in [0.3, 0.4) is 0 Å².